The number of thioether (sulfide) groups is 1. The summed E-state index contributed by atoms with van der Waals surface area (Å²) in [5.74, 6) is -2.02. The highest BCUT2D eigenvalue weighted by Gasteiger charge is 2.45. The number of benzene rings is 1. The molecule has 1 heterocycles. The number of nitrogens with zero attached hydrogens (tertiary/aromatic N) is 3. The van der Waals surface area contributed by atoms with Crippen LogP contribution in [-0.2, 0) is 0 Å². The molecule has 1 saturated carbocycles. The molecule has 2 atom stereocenters. The van der Waals surface area contributed by atoms with E-state index in [0.29, 0.717) is 0 Å². The minimum Gasteiger partial charge on any atom is -0.257 e. The quantitative estimate of drug-likeness (QED) is 0.748. The van der Waals surface area contributed by atoms with E-state index in [1.165, 1.54) is 16.8 Å². The highest BCUT2D eigenvalue weighted by atomic mass is 32.2. The lowest BCUT2D eigenvalue weighted by Gasteiger charge is -2.33. The van der Waals surface area contributed by atoms with Crippen molar-refractivity contribution in [1.29, 1.82) is 0 Å². The van der Waals surface area contributed by atoms with E-state index in [2.05, 4.69) is 16.8 Å². The van der Waals surface area contributed by atoms with Gasteiger partial charge in [0.25, 0.3) is 0 Å². The number of hydrogen-bond donors (Lipinski definition) is 0. The Balaban J connectivity index is 1.64. The van der Waals surface area contributed by atoms with Crippen LogP contribution < -0.4 is 0 Å². The second-order valence-corrected chi connectivity index (χ2v) is 7.07. The fourth-order valence-electron chi connectivity index (χ4n) is 2.93. The summed E-state index contributed by atoms with van der Waals surface area (Å²) in [5, 5.41) is 5.33. The van der Waals surface area contributed by atoms with Crippen LogP contribution in [0.15, 0.2) is 40.4 Å². The molecule has 1 aliphatic carbocycles. The molecule has 1 aromatic carbocycles. The van der Waals surface area contributed by atoms with E-state index in [0.717, 1.165) is 5.56 Å². The van der Waals surface area contributed by atoms with Crippen molar-refractivity contribution in [3.8, 4) is 0 Å². The van der Waals surface area contributed by atoms with Gasteiger partial charge < -0.3 is 0 Å². The first-order valence-electron chi connectivity index (χ1n) is 7.49. The lowest BCUT2D eigenvalue weighted by atomic mass is 9.94. The van der Waals surface area contributed by atoms with Gasteiger partial charge in [0.1, 0.15) is 0 Å². The van der Waals surface area contributed by atoms with Crippen molar-refractivity contribution in [3.63, 3.8) is 0 Å². The summed E-state index contributed by atoms with van der Waals surface area (Å²) in [6.07, 6.45) is -1.17. The van der Waals surface area contributed by atoms with Gasteiger partial charge >= 0.3 is 0 Å². The Morgan fingerprint density at radius 3 is 2.57 bits per heavy atom. The standard InChI is InChI=1S/C16H18F3N3S/c1-20-22-14(11-5-3-2-4-6-11)7-13(17)15(22)21-10-23-12-8-16(18,19)9-12/h2-6,12-14H,1,7-10H2. The van der Waals surface area contributed by atoms with Gasteiger partial charge in [0.15, 0.2) is 12.0 Å². The molecule has 7 heteroatoms. The Bertz CT molecular complexity index is 585. The van der Waals surface area contributed by atoms with Crippen LogP contribution in [0.4, 0.5) is 13.2 Å². The van der Waals surface area contributed by atoms with Gasteiger partial charge in [-0.2, -0.15) is 5.10 Å². The molecular weight excluding hydrogens is 323 g/mol. The molecule has 1 aliphatic heterocycles. The first-order chi connectivity index (χ1) is 11.0. The molecule has 1 aromatic rings. The van der Waals surface area contributed by atoms with Crippen molar-refractivity contribution in [2.45, 2.75) is 42.6 Å². The Kier molecular flexibility index (Phi) is 4.66. The predicted octanol–water partition coefficient (Wildman–Crippen LogP) is 4.27. The smallest absolute Gasteiger partial charge is 0.250 e. The van der Waals surface area contributed by atoms with Crippen molar-refractivity contribution in [3.05, 3.63) is 35.9 Å². The Hall–Kier alpha value is -1.50. The zero-order valence-electron chi connectivity index (χ0n) is 12.5. The lowest BCUT2D eigenvalue weighted by Crippen LogP contribution is -2.37. The van der Waals surface area contributed by atoms with Crippen LogP contribution in [0.2, 0.25) is 0 Å². The molecule has 23 heavy (non-hydrogen) atoms. The molecule has 0 N–H and O–H groups in total. The molecule has 1 saturated heterocycles. The SMILES string of the molecule is C=NN1C(=NCSC2CC(F)(F)C2)C(F)CC1c1ccccc1. The van der Waals surface area contributed by atoms with Crippen LogP contribution in [0.3, 0.4) is 0 Å². The van der Waals surface area contributed by atoms with E-state index in [1.807, 2.05) is 30.3 Å². The average Bonchev–Trinajstić information content (AvgIpc) is 2.82. The Morgan fingerprint density at radius 1 is 1.26 bits per heavy atom. The Labute approximate surface area is 137 Å². The van der Waals surface area contributed by atoms with Crippen LogP contribution in [0, 0.1) is 0 Å². The molecule has 0 amide bonds. The topological polar surface area (TPSA) is 28.0 Å². The molecule has 124 valence electrons. The maximum atomic E-state index is 14.3. The zero-order valence-corrected chi connectivity index (χ0v) is 13.4. The second kappa shape index (κ2) is 6.55. The molecule has 2 fully saturated rings. The minimum atomic E-state index is -2.53. The number of rotatable bonds is 5. The fraction of sp³-hybridized carbons (Fsp3) is 0.500. The number of hydrazone groups is 1. The van der Waals surface area contributed by atoms with Crippen LogP contribution in [0.5, 0.6) is 0 Å². The van der Waals surface area contributed by atoms with E-state index in [4.69, 9.17) is 0 Å². The monoisotopic (exact) mass is 341 g/mol. The predicted molar refractivity (Wildman–Crippen MR) is 87.9 cm³/mol. The molecule has 0 spiro atoms. The van der Waals surface area contributed by atoms with Gasteiger partial charge in [0.05, 0.1) is 11.9 Å². The van der Waals surface area contributed by atoms with Crippen molar-refractivity contribution in [2.75, 3.05) is 5.88 Å². The second-order valence-electron chi connectivity index (χ2n) is 5.81. The largest absolute Gasteiger partial charge is 0.257 e. The lowest BCUT2D eigenvalue weighted by molar-refractivity contribution is -0.0666. The van der Waals surface area contributed by atoms with Crippen LogP contribution in [0.25, 0.3) is 0 Å². The van der Waals surface area contributed by atoms with E-state index in [-0.39, 0.29) is 42.3 Å². The molecular formula is C16H18F3N3S. The third-order valence-corrected chi connectivity index (χ3v) is 5.25. The van der Waals surface area contributed by atoms with Crippen LogP contribution in [-0.4, -0.2) is 40.8 Å². The molecule has 3 rings (SSSR count). The summed E-state index contributed by atoms with van der Waals surface area (Å²) in [4.78, 5) is 4.25. The van der Waals surface area contributed by atoms with Crippen molar-refractivity contribution < 1.29 is 13.2 Å². The highest BCUT2D eigenvalue weighted by molar-refractivity contribution is 7.99. The maximum absolute atomic E-state index is 14.3. The van der Waals surface area contributed by atoms with E-state index in [9.17, 15) is 13.2 Å². The third-order valence-electron chi connectivity index (χ3n) is 4.17. The summed E-state index contributed by atoms with van der Waals surface area (Å²) in [7, 11) is 0. The van der Waals surface area contributed by atoms with E-state index >= 15 is 0 Å². The third kappa shape index (κ3) is 3.54. The molecule has 0 bridgehead atoms. The molecule has 3 nitrogen and oxygen atoms in total. The van der Waals surface area contributed by atoms with Crippen molar-refractivity contribution in [1.82, 2.24) is 5.01 Å². The number of halogens is 3. The van der Waals surface area contributed by atoms with Gasteiger partial charge in [-0.05, 0) is 5.56 Å². The summed E-state index contributed by atoms with van der Waals surface area (Å²) in [6.45, 7) is 3.52. The van der Waals surface area contributed by atoms with Crippen LogP contribution in [0.1, 0.15) is 30.9 Å². The molecule has 0 radical (unpaired) electrons. The first-order valence-corrected chi connectivity index (χ1v) is 8.54. The first kappa shape index (κ1) is 16.4. The van der Waals surface area contributed by atoms with Gasteiger partial charge in [-0.15, -0.1) is 11.8 Å². The number of hydrogen-bond acceptors (Lipinski definition) is 3. The number of alkyl halides is 3. The van der Waals surface area contributed by atoms with Crippen molar-refractivity contribution in [2.24, 2.45) is 10.1 Å². The summed E-state index contributed by atoms with van der Waals surface area (Å²) in [6, 6.07) is 9.31. The van der Waals surface area contributed by atoms with Crippen LogP contribution >= 0.6 is 11.8 Å². The minimum absolute atomic E-state index is 0.0936. The normalized spacial score (nSPS) is 28.8. The number of aliphatic imine (C=N–C) groups is 1. The average molecular weight is 341 g/mol. The Morgan fingerprint density at radius 2 is 1.96 bits per heavy atom. The van der Waals surface area contributed by atoms with Gasteiger partial charge in [-0.1, -0.05) is 30.3 Å². The molecule has 2 unspecified atom stereocenters. The van der Waals surface area contributed by atoms with Gasteiger partial charge in [-0.25, -0.2) is 18.2 Å². The zero-order chi connectivity index (χ0) is 16.4. The number of amidine groups is 1. The van der Waals surface area contributed by atoms with E-state index in [1.54, 1.807) is 0 Å². The summed E-state index contributed by atoms with van der Waals surface area (Å²) in [5.41, 5.74) is 0.957. The maximum Gasteiger partial charge on any atom is 0.250 e. The molecule has 2 aliphatic rings. The highest BCUT2D eigenvalue weighted by Crippen LogP contribution is 2.44. The van der Waals surface area contributed by atoms with Gasteiger partial charge in [0, 0.05) is 31.2 Å². The molecule has 0 aromatic heterocycles. The summed E-state index contributed by atoms with van der Waals surface area (Å²) >= 11 is 1.34. The van der Waals surface area contributed by atoms with Gasteiger partial charge in [-0.3, -0.25) is 4.99 Å². The van der Waals surface area contributed by atoms with Crippen molar-refractivity contribution >= 4 is 24.3 Å². The summed E-state index contributed by atoms with van der Waals surface area (Å²) < 4.78 is 39.9. The fourth-order valence-corrected chi connectivity index (χ4v) is 4.07. The van der Waals surface area contributed by atoms with Gasteiger partial charge in [0.2, 0.25) is 5.92 Å². The van der Waals surface area contributed by atoms with E-state index < -0.39 is 12.1 Å².